The molecule has 2 aromatic rings. The molecule has 0 bridgehead atoms. The van der Waals surface area contributed by atoms with Crippen molar-refractivity contribution in [3.8, 4) is 17.2 Å². The summed E-state index contributed by atoms with van der Waals surface area (Å²) in [6.07, 6.45) is -1.37. The van der Waals surface area contributed by atoms with Crippen LogP contribution in [0.4, 0.5) is 13.2 Å². The van der Waals surface area contributed by atoms with E-state index in [0.29, 0.717) is 22.3 Å². The van der Waals surface area contributed by atoms with Gasteiger partial charge in [-0.05, 0) is 30.2 Å². The van der Waals surface area contributed by atoms with Crippen LogP contribution in [0.2, 0.25) is 0 Å². The van der Waals surface area contributed by atoms with Crippen LogP contribution >= 0.6 is 0 Å². The Morgan fingerprint density at radius 2 is 1.74 bits per heavy atom. The lowest BCUT2D eigenvalue weighted by Crippen LogP contribution is -2.04. The van der Waals surface area contributed by atoms with Crippen LogP contribution in [-0.4, -0.2) is 4.98 Å². The predicted molar refractivity (Wildman–Crippen MR) is 64.1 cm³/mol. The molecule has 1 aromatic carbocycles. The maximum absolute atomic E-state index is 12.5. The average molecular weight is 262 g/mol. The Hall–Kier alpha value is -2.35. The van der Waals surface area contributed by atoms with Crippen LogP contribution in [0.3, 0.4) is 0 Å². The number of alkyl halides is 3. The van der Waals surface area contributed by atoms with Gasteiger partial charge in [-0.3, -0.25) is 4.98 Å². The van der Waals surface area contributed by atoms with Gasteiger partial charge in [0.25, 0.3) is 0 Å². The molecule has 0 aliphatic heterocycles. The molecule has 0 radical (unpaired) electrons. The highest BCUT2D eigenvalue weighted by Crippen LogP contribution is 2.31. The molecule has 19 heavy (non-hydrogen) atoms. The Morgan fingerprint density at radius 1 is 1.11 bits per heavy atom. The zero-order valence-electron chi connectivity index (χ0n) is 9.99. The highest BCUT2D eigenvalue weighted by atomic mass is 19.4. The Labute approximate surface area is 108 Å². The number of hydrogen-bond acceptors (Lipinski definition) is 2. The van der Waals surface area contributed by atoms with E-state index < -0.39 is 11.7 Å². The number of benzene rings is 1. The van der Waals surface area contributed by atoms with Crippen molar-refractivity contribution in [1.29, 1.82) is 5.26 Å². The van der Waals surface area contributed by atoms with Crippen molar-refractivity contribution in [2.75, 3.05) is 0 Å². The molecule has 0 aliphatic rings. The molecule has 0 saturated heterocycles. The fraction of sp³-hybridized carbons (Fsp3) is 0.143. The second-order valence-corrected chi connectivity index (χ2v) is 4.05. The van der Waals surface area contributed by atoms with Gasteiger partial charge in [0, 0.05) is 18.0 Å². The summed E-state index contributed by atoms with van der Waals surface area (Å²) in [5.74, 6) is 0. The van der Waals surface area contributed by atoms with E-state index in [0.717, 1.165) is 12.1 Å². The average Bonchev–Trinajstić information content (AvgIpc) is 2.38. The van der Waals surface area contributed by atoms with E-state index in [1.54, 1.807) is 13.1 Å². The third-order valence-corrected chi connectivity index (χ3v) is 2.86. The van der Waals surface area contributed by atoms with Crippen molar-refractivity contribution < 1.29 is 13.2 Å². The van der Waals surface area contributed by atoms with Gasteiger partial charge in [0.05, 0.1) is 11.1 Å². The molecule has 0 atom stereocenters. The number of rotatable bonds is 1. The van der Waals surface area contributed by atoms with Gasteiger partial charge in [0.15, 0.2) is 0 Å². The topological polar surface area (TPSA) is 36.7 Å². The Balaban J connectivity index is 2.47. The Morgan fingerprint density at radius 3 is 2.26 bits per heavy atom. The van der Waals surface area contributed by atoms with E-state index in [-0.39, 0.29) is 0 Å². The Kier molecular flexibility index (Phi) is 3.26. The van der Waals surface area contributed by atoms with E-state index in [9.17, 15) is 13.2 Å². The number of halogens is 3. The summed E-state index contributed by atoms with van der Waals surface area (Å²) in [6, 6.07) is 6.81. The molecule has 0 amide bonds. The number of hydrogen-bond donors (Lipinski definition) is 0. The van der Waals surface area contributed by atoms with Gasteiger partial charge in [-0.2, -0.15) is 18.4 Å². The normalized spacial score (nSPS) is 11.1. The van der Waals surface area contributed by atoms with Crippen LogP contribution in [0.1, 0.15) is 16.7 Å². The lowest BCUT2D eigenvalue weighted by Gasteiger charge is -2.09. The van der Waals surface area contributed by atoms with Crippen LogP contribution in [-0.2, 0) is 6.18 Å². The minimum Gasteiger partial charge on any atom is -0.263 e. The molecule has 1 heterocycles. The van der Waals surface area contributed by atoms with Gasteiger partial charge in [0.2, 0.25) is 0 Å². The van der Waals surface area contributed by atoms with Crippen LogP contribution < -0.4 is 0 Å². The molecule has 0 spiro atoms. The molecular weight excluding hydrogens is 253 g/mol. The summed E-state index contributed by atoms with van der Waals surface area (Å²) < 4.78 is 37.4. The first-order chi connectivity index (χ1) is 8.93. The standard InChI is InChI=1S/C14H9F3N2/c1-9-11(6-18)7-19-8-13(9)10-2-4-12(5-3-10)14(15,16)17/h2-5,7-8H,1H3. The molecule has 2 rings (SSSR count). The summed E-state index contributed by atoms with van der Waals surface area (Å²) in [4.78, 5) is 3.92. The summed E-state index contributed by atoms with van der Waals surface area (Å²) in [5, 5.41) is 8.90. The first kappa shape index (κ1) is 13.1. The zero-order valence-corrected chi connectivity index (χ0v) is 9.99. The molecule has 0 aliphatic carbocycles. The smallest absolute Gasteiger partial charge is 0.263 e. The van der Waals surface area contributed by atoms with E-state index in [4.69, 9.17) is 5.26 Å². The SMILES string of the molecule is Cc1c(C#N)cncc1-c1ccc(C(F)(F)F)cc1. The number of nitrogens with zero attached hydrogens (tertiary/aromatic N) is 2. The number of aromatic nitrogens is 1. The molecule has 96 valence electrons. The second-order valence-electron chi connectivity index (χ2n) is 4.05. The summed E-state index contributed by atoms with van der Waals surface area (Å²) >= 11 is 0. The summed E-state index contributed by atoms with van der Waals surface area (Å²) in [7, 11) is 0. The number of nitriles is 1. The van der Waals surface area contributed by atoms with Gasteiger partial charge < -0.3 is 0 Å². The number of pyridine rings is 1. The third-order valence-electron chi connectivity index (χ3n) is 2.86. The fourth-order valence-corrected chi connectivity index (χ4v) is 1.77. The first-order valence-electron chi connectivity index (χ1n) is 5.46. The minimum atomic E-state index is -4.35. The van der Waals surface area contributed by atoms with E-state index in [2.05, 4.69) is 4.98 Å². The molecule has 0 fully saturated rings. The lowest BCUT2D eigenvalue weighted by atomic mass is 9.99. The van der Waals surface area contributed by atoms with Gasteiger partial charge in [-0.1, -0.05) is 12.1 Å². The van der Waals surface area contributed by atoms with Crippen LogP contribution in [0.25, 0.3) is 11.1 Å². The molecule has 1 aromatic heterocycles. The summed E-state index contributed by atoms with van der Waals surface area (Å²) in [6.45, 7) is 1.74. The van der Waals surface area contributed by atoms with E-state index in [1.165, 1.54) is 18.3 Å². The van der Waals surface area contributed by atoms with Crippen molar-refractivity contribution >= 4 is 0 Å². The van der Waals surface area contributed by atoms with Crippen LogP contribution in [0, 0.1) is 18.3 Å². The van der Waals surface area contributed by atoms with E-state index >= 15 is 0 Å². The molecule has 5 heteroatoms. The zero-order chi connectivity index (χ0) is 14.0. The van der Waals surface area contributed by atoms with Crippen molar-refractivity contribution in [1.82, 2.24) is 4.98 Å². The van der Waals surface area contributed by atoms with Crippen molar-refractivity contribution in [2.24, 2.45) is 0 Å². The fourth-order valence-electron chi connectivity index (χ4n) is 1.77. The molecule has 0 N–H and O–H groups in total. The van der Waals surface area contributed by atoms with Gasteiger partial charge in [0.1, 0.15) is 6.07 Å². The van der Waals surface area contributed by atoms with Crippen molar-refractivity contribution in [2.45, 2.75) is 13.1 Å². The first-order valence-corrected chi connectivity index (χ1v) is 5.46. The van der Waals surface area contributed by atoms with Gasteiger partial charge in [-0.15, -0.1) is 0 Å². The van der Waals surface area contributed by atoms with Crippen molar-refractivity contribution in [3.05, 3.63) is 53.3 Å². The Bertz CT molecular complexity index is 637. The summed E-state index contributed by atoms with van der Waals surface area (Å²) in [5.41, 5.74) is 1.69. The van der Waals surface area contributed by atoms with Crippen LogP contribution in [0.15, 0.2) is 36.7 Å². The van der Waals surface area contributed by atoms with Crippen molar-refractivity contribution in [3.63, 3.8) is 0 Å². The van der Waals surface area contributed by atoms with Gasteiger partial charge in [-0.25, -0.2) is 0 Å². The van der Waals surface area contributed by atoms with Gasteiger partial charge >= 0.3 is 6.18 Å². The lowest BCUT2D eigenvalue weighted by molar-refractivity contribution is -0.137. The monoisotopic (exact) mass is 262 g/mol. The quantitative estimate of drug-likeness (QED) is 0.780. The molecular formula is C14H9F3N2. The highest BCUT2D eigenvalue weighted by Gasteiger charge is 2.30. The minimum absolute atomic E-state index is 0.414. The van der Waals surface area contributed by atoms with Crippen LogP contribution in [0.5, 0.6) is 0 Å². The second kappa shape index (κ2) is 4.73. The largest absolute Gasteiger partial charge is 0.416 e. The maximum Gasteiger partial charge on any atom is 0.416 e. The van der Waals surface area contributed by atoms with E-state index in [1.807, 2.05) is 6.07 Å². The molecule has 0 saturated carbocycles. The highest BCUT2D eigenvalue weighted by molar-refractivity contribution is 5.68. The molecule has 2 nitrogen and oxygen atoms in total. The molecule has 0 unspecified atom stereocenters. The predicted octanol–water partition coefficient (Wildman–Crippen LogP) is 3.95. The maximum atomic E-state index is 12.5. The third kappa shape index (κ3) is 2.58.